The van der Waals surface area contributed by atoms with Gasteiger partial charge in [0.1, 0.15) is 17.5 Å². The minimum atomic E-state index is -3.57. The zero-order valence-electron chi connectivity index (χ0n) is 24.1. The van der Waals surface area contributed by atoms with Crippen LogP contribution in [0.4, 0.5) is 5.69 Å². The van der Waals surface area contributed by atoms with Crippen LogP contribution in [0.3, 0.4) is 0 Å². The molecule has 2 aromatic carbocycles. The summed E-state index contributed by atoms with van der Waals surface area (Å²) in [6.45, 7) is 2.29. The van der Waals surface area contributed by atoms with Gasteiger partial charge in [-0.1, -0.05) is 38.3 Å². The molecule has 3 rings (SSSR count). The van der Waals surface area contributed by atoms with Gasteiger partial charge in [0.25, 0.3) is 0 Å². The van der Waals surface area contributed by atoms with E-state index in [1.54, 1.807) is 43.4 Å². The van der Waals surface area contributed by atoms with Crippen molar-refractivity contribution in [1.29, 1.82) is 0 Å². The molecule has 1 unspecified atom stereocenters. The summed E-state index contributed by atoms with van der Waals surface area (Å²) in [6.07, 6.45) is 7.31. The lowest BCUT2D eigenvalue weighted by atomic mass is 9.95. The number of hydrogen-bond donors (Lipinski definition) is 1. The highest BCUT2D eigenvalue weighted by molar-refractivity contribution is 7.92. The maximum atomic E-state index is 13.7. The minimum Gasteiger partial charge on any atom is -0.497 e. The predicted octanol–water partition coefficient (Wildman–Crippen LogP) is 4.51. The molecule has 0 aliphatic heterocycles. The fraction of sp³-hybridized carbons (Fsp3) is 0.533. The van der Waals surface area contributed by atoms with Gasteiger partial charge in [0.15, 0.2) is 0 Å². The number of rotatable bonds is 14. The van der Waals surface area contributed by atoms with E-state index in [9.17, 15) is 18.0 Å². The van der Waals surface area contributed by atoms with Crippen molar-refractivity contribution in [3.8, 4) is 11.5 Å². The number of carbonyl (C=O) groups excluding carboxylic acids is 2. The first kappa shape index (κ1) is 31.3. The maximum Gasteiger partial charge on any atom is 0.243 e. The lowest BCUT2D eigenvalue weighted by molar-refractivity contribution is -0.141. The van der Waals surface area contributed by atoms with Crippen molar-refractivity contribution in [2.45, 2.75) is 76.9 Å². The predicted molar refractivity (Wildman–Crippen MR) is 157 cm³/mol. The van der Waals surface area contributed by atoms with E-state index in [2.05, 4.69) is 5.32 Å². The second-order valence-electron chi connectivity index (χ2n) is 10.3. The van der Waals surface area contributed by atoms with Gasteiger partial charge in [-0.3, -0.25) is 13.9 Å². The Bertz CT molecular complexity index is 1210. The Morgan fingerprint density at radius 3 is 2.27 bits per heavy atom. The molecule has 0 radical (unpaired) electrons. The second-order valence-corrected chi connectivity index (χ2v) is 12.2. The first-order valence-corrected chi connectivity index (χ1v) is 15.9. The average molecular weight is 574 g/mol. The van der Waals surface area contributed by atoms with Gasteiger partial charge in [0.2, 0.25) is 21.8 Å². The molecule has 220 valence electrons. The summed E-state index contributed by atoms with van der Waals surface area (Å²) in [6, 6.07) is 13.7. The third kappa shape index (κ3) is 8.87. The Labute approximate surface area is 238 Å². The molecule has 1 aliphatic carbocycles. The van der Waals surface area contributed by atoms with Gasteiger partial charge >= 0.3 is 0 Å². The van der Waals surface area contributed by atoms with Crippen LogP contribution >= 0.6 is 0 Å². The highest BCUT2D eigenvalue weighted by Gasteiger charge is 2.30. The minimum absolute atomic E-state index is 0.0966. The van der Waals surface area contributed by atoms with Crippen LogP contribution in [0.1, 0.15) is 63.9 Å². The van der Waals surface area contributed by atoms with Crippen molar-refractivity contribution in [3.63, 3.8) is 0 Å². The summed E-state index contributed by atoms with van der Waals surface area (Å²) in [5, 5.41) is 3.18. The summed E-state index contributed by atoms with van der Waals surface area (Å²) >= 11 is 0. The summed E-state index contributed by atoms with van der Waals surface area (Å²) in [5.41, 5.74) is 1.36. The van der Waals surface area contributed by atoms with Crippen molar-refractivity contribution in [3.05, 3.63) is 54.1 Å². The fourth-order valence-corrected chi connectivity index (χ4v) is 6.15. The zero-order valence-corrected chi connectivity index (χ0v) is 24.9. The Morgan fingerprint density at radius 2 is 1.68 bits per heavy atom. The van der Waals surface area contributed by atoms with Crippen LogP contribution in [-0.2, 0) is 26.2 Å². The van der Waals surface area contributed by atoms with Gasteiger partial charge in [-0.15, -0.1) is 0 Å². The Kier molecular flexibility index (Phi) is 11.7. The molecule has 1 fully saturated rings. The van der Waals surface area contributed by atoms with Gasteiger partial charge in [-0.05, 0) is 67.6 Å². The van der Waals surface area contributed by atoms with E-state index in [1.807, 2.05) is 31.2 Å². The summed E-state index contributed by atoms with van der Waals surface area (Å²) in [5.74, 6) is 0.962. The molecule has 1 atom stereocenters. The van der Waals surface area contributed by atoms with Crippen molar-refractivity contribution >= 4 is 27.5 Å². The SMILES string of the molecule is CCC(C(=O)NC1CCCCC1)N(Cc1cccc(OC)c1)C(=O)CCCN(c1ccc(OC)cc1)S(C)(=O)=O. The van der Waals surface area contributed by atoms with E-state index >= 15 is 0 Å². The van der Waals surface area contributed by atoms with Gasteiger partial charge in [-0.25, -0.2) is 8.42 Å². The van der Waals surface area contributed by atoms with Crippen LogP contribution < -0.4 is 19.1 Å². The van der Waals surface area contributed by atoms with Gasteiger partial charge < -0.3 is 19.7 Å². The number of carbonyl (C=O) groups is 2. The Hall–Kier alpha value is -3.27. The average Bonchev–Trinajstić information content (AvgIpc) is 2.95. The van der Waals surface area contributed by atoms with Crippen molar-refractivity contribution < 1.29 is 27.5 Å². The van der Waals surface area contributed by atoms with E-state index < -0.39 is 16.1 Å². The summed E-state index contributed by atoms with van der Waals surface area (Å²) in [7, 11) is -0.438. The quantitative estimate of drug-likeness (QED) is 0.357. The van der Waals surface area contributed by atoms with E-state index in [4.69, 9.17) is 9.47 Å². The lowest BCUT2D eigenvalue weighted by Gasteiger charge is -2.33. The van der Waals surface area contributed by atoms with Crippen LogP contribution in [0.25, 0.3) is 0 Å². The number of anilines is 1. The molecule has 10 heteroatoms. The standard InChI is InChI=1S/C30H43N3O6S/c1-5-28(30(35)31-24-12-7-6-8-13-24)32(22-23-11-9-14-27(21-23)39-3)29(34)15-10-20-33(40(4,36)37)25-16-18-26(38-2)19-17-25/h9,11,14,16-19,21,24,28H,5-8,10,12-13,15,20,22H2,1-4H3,(H,31,35). The first-order chi connectivity index (χ1) is 19.2. The number of amides is 2. The second kappa shape index (κ2) is 14.9. The molecule has 0 heterocycles. The Balaban J connectivity index is 1.76. The van der Waals surface area contributed by atoms with Crippen LogP contribution in [0.15, 0.2) is 48.5 Å². The molecule has 0 aromatic heterocycles. The zero-order chi connectivity index (χ0) is 29.1. The largest absolute Gasteiger partial charge is 0.497 e. The van der Waals surface area contributed by atoms with E-state index in [0.717, 1.165) is 37.5 Å². The Morgan fingerprint density at radius 1 is 1.00 bits per heavy atom. The molecule has 0 bridgehead atoms. The molecule has 1 saturated carbocycles. The number of benzene rings is 2. The molecule has 2 amide bonds. The monoisotopic (exact) mass is 573 g/mol. The molecule has 9 nitrogen and oxygen atoms in total. The number of ether oxygens (including phenoxy) is 2. The van der Waals surface area contributed by atoms with Gasteiger partial charge in [0.05, 0.1) is 26.2 Å². The molecular formula is C30H43N3O6S. The highest BCUT2D eigenvalue weighted by Crippen LogP contribution is 2.24. The van der Waals surface area contributed by atoms with Crippen molar-refractivity contribution in [2.75, 3.05) is 31.3 Å². The van der Waals surface area contributed by atoms with Crippen molar-refractivity contribution in [2.24, 2.45) is 0 Å². The van der Waals surface area contributed by atoms with Crippen LogP contribution in [0.2, 0.25) is 0 Å². The molecule has 0 saturated heterocycles. The fourth-order valence-electron chi connectivity index (χ4n) is 5.18. The number of nitrogens with one attached hydrogen (secondary N) is 1. The van der Waals surface area contributed by atoms with E-state index in [0.29, 0.717) is 30.0 Å². The molecule has 40 heavy (non-hydrogen) atoms. The third-order valence-corrected chi connectivity index (χ3v) is 8.53. The highest BCUT2D eigenvalue weighted by atomic mass is 32.2. The molecule has 2 aromatic rings. The molecular weight excluding hydrogens is 530 g/mol. The topological polar surface area (TPSA) is 105 Å². The summed E-state index contributed by atoms with van der Waals surface area (Å²) < 4.78 is 37.0. The van der Waals surface area contributed by atoms with Crippen LogP contribution in [0, 0.1) is 0 Å². The van der Waals surface area contributed by atoms with E-state index in [-0.39, 0.29) is 37.4 Å². The third-order valence-electron chi connectivity index (χ3n) is 7.34. The smallest absolute Gasteiger partial charge is 0.243 e. The van der Waals surface area contributed by atoms with Gasteiger partial charge in [-0.2, -0.15) is 0 Å². The van der Waals surface area contributed by atoms with Crippen molar-refractivity contribution in [1.82, 2.24) is 10.2 Å². The van der Waals surface area contributed by atoms with Gasteiger partial charge in [0, 0.05) is 25.6 Å². The molecule has 0 spiro atoms. The first-order valence-electron chi connectivity index (χ1n) is 14.0. The van der Waals surface area contributed by atoms with Crippen LogP contribution in [0.5, 0.6) is 11.5 Å². The number of sulfonamides is 1. The number of hydrogen-bond acceptors (Lipinski definition) is 6. The lowest BCUT2D eigenvalue weighted by Crippen LogP contribution is -2.51. The maximum absolute atomic E-state index is 13.7. The number of nitrogens with zero attached hydrogens (tertiary/aromatic N) is 2. The van der Waals surface area contributed by atoms with E-state index in [1.165, 1.54) is 10.7 Å². The normalized spacial score (nSPS) is 14.7. The van der Waals surface area contributed by atoms with Crippen LogP contribution in [-0.4, -0.2) is 64.2 Å². The molecule has 1 N–H and O–H groups in total. The molecule has 1 aliphatic rings. The summed E-state index contributed by atoms with van der Waals surface area (Å²) in [4.78, 5) is 28.7. The number of methoxy groups -OCH3 is 2.